The Labute approximate surface area is 191 Å². The molecular weight excluding hydrogens is 459 g/mol. The van der Waals surface area contributed by atoms with Gasteiger partial charge in [0, 0.05) is 24.3 Å². The molecule has 0 spiro atoms. The van der Waals surface area contributed by atoms with E-state index in [9.17, 15) is 13.2 Å². The minimum atomic E-state index is -3.93. The van der Waals surface area contributed by atoms with Crippen molar-refractivity contribution in [3.05, 3.63) is 75.5 Å². The molecule has 0 saturated heterocycles. The van der Waals surface area contributed by atoms with Gasteiger partial charge < -0.3 is 5.32 Å². The molecule has 164 valence electrons. The van der Waals surface area contributed by atoms with Crippen LogP contribution in [0.4, 0.5) is 5.69 Å². The molecule has 1 amide bonds. The van der Waals surface area contributed by atoms with Gasteiger partial charge in [0.1, 0.15) is 0 Å². The van der Waals surface area contributed by atoms with E-state index in [1.807, 2.05) is 20.0 Å². The average Bonchev–Trinajstić information content (AvgIpc) is 3.13. The zero-order valence-electron chi connectivity index (χ0n) is 17.0. The lowest BCUT2D eigenvalue weighted by Crippen LogP contribution is -2.26. The van der Waals surface area contributed by atoms with Crippen LogP contribution >= 0.6 is 23.2 Å². The first kappa shape index (κ1) is 23.1. The molecule has 2 N–H and O–H groups in total. The number of amides is 1. The van der Waals surface area contributed by atoms with Crippen LogP contribution in [0.3, 0.4) is 0 Å². The van der Waals surface area contributed by atoms with Crippen molar-refractivity contribution in [3.8, 4) is 0 Å². The first-order valence-corrected chi connectivity index (χ1v) is 11.8. The minimum absolute atomic E-state index is 0.0780. The summed E-state index contributed by atoms with van der Waals surface area (Å²) in [6.07, 6.45) is 4.35. The highest BCUT2D eigenvalue weighted by atomic mass is 35.5. The molecule has 2 aromatic carbocycles. The van der Waals surface area contributed by atoms with Gasteiger partial charge in [0.2, 0.25) is 0 Å². The smallest absolute Gasteiger partial charge is 0.261 e. The molecule has 7 nitrogen and oxygen atoms in total. The van der Waals surface area contributed by atoms with Crippen LogP contribution in [-0.4, -0.2) is 30.7 Å². The summed E-state index contributed by atoms with van der Waals surface area (Å²) < 4.78 is 29.8. The van der Waals surface area contributed by atoms with Crippen molar-refractivity contribution < 1.29 is 13.2 Å². The van der Waals surface area contributed by atoms with E-state index in [1.165, 1.54) is 24.3 Å². The van der Waals surface area contributed by atoms with Crippen LogP contribution < -0.4 is 10.0 Å². The fourth-order valence-electron chi connectivity index (χ4n) is 2.84. The number of anilines is 1. The van der Waals surface area contributed by atoms with Crippen LogP contribution in [0.5, 0.6) is 0 Å². The van der Waals surface area contributed by atoms with Crippen molar-refractivity contribution >= 4 is 44.8 Å². The molecular formula is C21H22Cl2N4O3S. The lowest BCUT2D eigenvalue weighted by atomic mass is 10.2. The highest BCUT2D eigenvalue weighted by Gasteiger charge is 2.19. The number of nitrogens with one attached hydrogen (secondary N) is 2. The van der Waals surface area contributed by atoms with Gasteiger partial charge in [-0.2, -0.15) is 5.10 Å². The fraction of sp³-hybridized carbons (Fsp3) is 0.238. The molecule has 31 heavy (non-hydrogen) atoms. The number of sulfonamides is 1. The van der Waals surface area contributed by atoms with Crippen LogP contribution in [0.25, 0.3) is 0 Å². The van der Waals surface area contributed by atoms with Crippen molar-refractivity contribution in [3.63, 3.8) is 0 Å². The molecule has 0 bridgehead atoms. The quantitative estimate of drug-likeness (QED) is 0.466. The summed E-state index contributed by atoms with van der Waals surface area (Å²) in [7, 11) is -3.93. The number of aromatic nitrogens is 2. The molecule has 10 heteroatoms. The third kappa shape index (κ3) is 6.00. The fourth-order valence-corrected chi connectivity index (χ4v) is 4.30. The van der Waals surface area contributed by atoms with Gasteiger partial charge >= 0.3 is 0 Å². The number of carbonyl (C=O) groups excluding carboxylic acids is 1. The number of nitrogens with zero attached hydrogens (tertiary/aromatic N) is 2. The minimum Gasteiger partial charge on any atom is -0.352 e. The molecule has 1 heterocycles. The molecule has 0 fully saturated rings. The zero-order valence-corrected chi connectivity index (χ0v) is 19.4. The third-order valence-electron chi connectivity index (χ3n) is 4.53. The summed E-state index contributed by atoms with van der Waals surface area (Å²) in [4.78, 5) is 12.5. The molecule has 0 radical (unpaired) electrons. The largest absolute Gasteiger partial charge is 0.352 e. The topological polar surface area (TPSA) is 93.1 Å². The van der Waals surface area contributed by atoms with Crippen molar-refractivity contribution in [2.45, 2.75) is 31.7 Å². The number of rotatable bonds is 8. The van der Waals surface area contributed by atoms with Crippen LogP contribution in [0.2, 0.25) is 10.0 Å². The van der Waals surface area contributed by atoms with Crippen molar-refractivity contribution in [2.75, 3.05) is 11.3 Å². The van der Waals surface area contributed by atoms with E-state index in [4.69, 9.17) is 23.2 Å². The second-order valence-corrected chi connectivity index (χ2v) is 9.60. The zero-order chi connectivity index (χ0) is 22.6. The van der Waals surface area contributed by atoms with E-state index in [1.54, 1.807) is 23.0 Å². The van der Waals surface area contributed by atoms with E-state index in [0.29, 0.717) is 30.2 Å². The highest BCUT2D eigenvalue weighted by Crippen LogP contribution is 2.25. The number of benzene rings is 2. The van der Waals surface area contributed by atoms with Gasteiger partial charge in [0.25, 0.3) is 15.9 Å². The van der Waals surface area contributed by atoms with Gasteiger partial charge in [0.05, 0.1) is 27.4 Å². The van der Waals surface area contributed by atoms with Crippen molar-refractivity contribution in [1.82, 2.24) is 15.1 Å². The Kier molecular flexibility index (Phi) is 7.25. The molecule has 0 aliphatic rings. The summed E-state index contributed by atoms with van der Waals surface area (Å²) in [5.41, 5.74) is 2.31. The number of halogens is 2. The predicted octanol–water partition coefficient (Wildman–Crippen LogP) is 4.43. The lowest BCUT2D eigenvalue weighted by Gasteiger charge is -2.12. The maximum atomic E-state index is 12.8. The third-order valence-corrected chi connectivity index (χ3v) is 6.64. The SMILES string of the molecule is Cc1cnn(CCCNC(=O)c2cc(S(=O)(=O)Nc3ccc(C)c(Cl)c3)ccc2Cl)c1. The van der Waals surface area contributed by atoms with Gasteiger partial charge in [-0.1, -0.05) is 29.3 Å². The van der Waals surface area contributed by atoms with E-state index in [-0.39, 0.29) is 15.5 Å². The highest BCUT2D eigenvalue weighted by molar-refractivity contribution is 7.92. The molecule has 0 atom stereocenters. The number of hydrogen-bond acceptors (Lipinski definition) is 4. The Hall–Kier alpha value is -2.55. The van der Waals surface area contributed by atoms with Crippen LogP contribution in [0.1, 0.15) is 27.9 Å². The molecule has 0 saturated carbocycles. The van der Waals surface area contributed by atoms with Gasteiger partial charge in [-0.25, -0.2) is 8.42 Å². The normalized spacial score (nSPS) is 11.4. The number of carbonyl (C=O) groups is 1. The van der Waals surface area contributed by atoms with Crippen LogP contribution in [0, 0.1) is 13.8 Å². The summed E-state index contributed by atoms with van der Waals surface area (Å²) in [6.45, 7) is 4.82. The first-order valence-electron chi connectivity index (χ1n) is 9.51. The maximum Gasteiger partial charge on any atom is 0.261 e. The summed E-state index contributed by atoms with van der Waals surface area (Å²) >= 11 is 12.2. The van der Waals surface area contributed by atoms with Crippen molar-refractivity contribution in [2.24, 2.45) is 0 Å². The monoisotopic (exact) mass is 480 g/mol. The predicted molar refractivity (Wildman–Crippen MR) is 122 cm³/mol. The van der Waals surface area contributed by atoms with Gasteiger partial charge in [-0.15, -0.1) is 0 Å². The number of aryl methyl sites for hydroxylation is 3. The summed E-state index contributed by atoms with van der Waals surface area (Å²) in [5, 5.41) is 7.56. The average molecular weight is 481 g/mol. The standard InChI is InChI=1S/C21H22Cl2N4O3S/c1-14-12-25-27(13-14)9-3-8-24-21(28)18-11-17(6-7-19(18)22)31(29,30)26-16-5-4-15(2)20(23)10-16/h4-7,10-13,26H,3,8-9H2,1-2H3,(H,24,28). The maximum absolute atomic E-state index is 12.8. The first-order chi connectivity index (χ1) is 14.7. The van der Waals surface area contributed by atoms with Crippen molar-refractivity contribution in [1.29, 1.82) is 0 Å². The van der Waals surface area contributed by atoms with Gasteiger partial charge in [-0.3, -0.25) is 14.2 Å². The Bertz CT molecular complexity index is 1210. The van der Waals surface area contributed by atoms with Crippen LogP contribution in [-0.2, 0) is 16.6 Å². The summed E-state index contributed by atoms with van der Waals surface area (Å²) in [6, 6.07) is 8.84. The van der Waals surface area contributed by atoms with E-state index in [0.717, 1.165) is 11.1 Å². The second-order valence-electron chi connectivity index (χ2n) is 7.10. The van der Waals surface area contributed by atoms with E-state index >= 15 is 0 Å². The molecule has 3 aromatic rings. The summed E-state index contributed by atoms with van der Waals surface area (Å²) in [5.74, 6) is -0.447. The lowest BCUT2D eigenvalue weighted by molar-refractivity contribution is 0.0952. The van der Waals surface area contributed by atoms with Gasteiger partial charge in [-0.05, 0) is 61.7 Å². The Morgan fingerprint density at radius 2 is 1.87 bits per heavy atom. The second kappa shape index (κ2) is 9.72. The molecule has 3 rings (SSSR count). The van der Waals surface area contributed by atoms with E-state index in [2.05, 4.69) is 15.1 Å². The molecule has 0 aliphatic heterocycles. The van der Waals surface area contributed by atoms with Crippen LogP contribution in [0.15, 0.2) is 53.7 Å². The number of hydrogen-bond donors (Lipinski definition) is 2. The molecule has 0 aliphatic carbocycles. The molecule has 1 aromatic heterocycles. The Morgan fingerprint density at radius 3 is 2.55 bits per heavy atom. The Balaban J connectivity index is 1.67. The van der Waals surface area contributed by atoms with E-state index < -0.39 is 15.9 Å². The van der Waals surface area contributed by atoms with Gasteiger partial charge in [0.15, 0.2) is 0 Å². The Morgan fingerprint density at radius 1 is 1.10 bits per heavy atom. The molecule has 0 unspecified atom stereocenters.